The lowest BCUT2D eigenvalue weighted by molar-refractivity contribution is 0.0984. The van der Waals surface area contributed by atoms with Crippen LogP contribution in [0.2, 0.25) is 0 Å². The first kappa shape index (κ1) is 18.0. The van der Waals surface area contributed by atoms with Gasteiger partial charge in [-0.2, -0.15) is 0 Å². The van der Waals surface area contributed by atoms with E-state index in [0.717, 1.165) is 34.7 Å². The molecule has 4 nitrogen and oxygen atoms in total. The maximum absolute atomic E-state index is 13.5. The number of anilines is 1. The van der Waals surface area contributed by atoms with Gasteiger partial charge in [-0.1, -0.05) is 55.5 Å². The Hall–Kier alpha value is -3.40. The Kier molecular flexibility index (Phi) is 4.94. The molecule has 140 valence electrons. The van der Waals surface area contributed by atoms with Crippen molar-refractivity contribution >= 4 is 17.2 Å². The molecule has 0 fully saturated rings. The number of benzene rings is 2. The van der Waals surface area contributed by atoms with Crippen LogP contribution in [-0.4, -0.2) is 15.3 Å². The molecule has 0 aliphatic rings. The zero-order chi connectivity index (χ0) is 19.5. The van der Waals surface area contributed by atoms with Gasteiger partial charge < -0.3 is 9.30 Å². The smallest absolute Gasteiger partial charge is 0.260 e. The minimum absolute atomic E-state index is 0.0249. The molecule has 2 aromatic heterocycles. The van der Waals surface area contributed by atoms with E-state index in [-0.39, 0.29) is 5.91 Å². The highest BCUT2D eigenvalue weighted by atomic mass is 16.2. The number of nitrogens with zero attached hydrogens (tertiary/aromatic N) is 3. The van der Waals surface area contributed by atoms with E-state index in [1.807, 2.05) is 95.2 Å². The van der Waals surface area contributed by atoms with Crippen LogP contribution < -0.4 is 4.90 Å². The molecule has 2 aromatic carbocycles. The molecule has 1 amide bonds. The van der Waals surface area contributed by atoms with Gasteiger partial charge in [-0.3, -0.25) is 4.79 Å². The average molecular weight is 369 g/mol. The average Bonchev–Trinajstić information content (AvgIpc) is 3.08. The number of rotatable bonds is 5. The summed E-state index contributed by atoms with van der Waals surface area (Å²) in [5.74, 6) is -0.0249. The minimum atomic E-state index is -0.0249. The highest BCUT2D eigenvalue weighted by molar-refractivity contribution is 6.06. The van der Waals surface area contributed by atoms with Gasteiger partial charge in [0.25, 0.3) is 5.91 Å². The van der Waals surface area contributed by atoms with Crippen molar-refractivity contribution in [2.75, 3.05) is 4.90 Å². The van der Waals surface area contributed by atoms with E-state index < -0.39 is 0 Å². The third-order valence-electron chi connectivity index (χ3n) is 5.03. The van der Waals surface area contributed by atoms with Crippen LogP contribution in [-0.2, 0) is 13.0 Å². The molecule has 0 saturated heterocycles. The van der Waals surface area contributed by atoms with Gasteiger partial charge in [0.05, 0.1) is 17.8 Å². The summed E-state index contributed by atoms with van der Waals surface area (Å²) in [5.41, 5.74) is 5.65. The van der Waals surface area contributed by atoms with E-state index in [2.05, 4.69) is 11.9 Å². The molecule has 4 aromatic rings. The first-order valence-corrected chi connectivity index (χ1v) is 9.56. The Bertz CT molecular complexity index is 1100. The lowest BCUT2D eigenvalue weighted by Crippen LogP contribution is -2.30. The van der Waals surface area contributed by atoms with Crippen molar-refractivity contribution in [3.63, 3.8) is 0 Å². The number of aryl methyl sites for hydroxylation is 2. The van der Waals surface area contributed by atoms with Gasteiger partial charge in [0.15, 0.2) is 0 Å². The molecule has 0 bridgehead atoms. The van der Waals surface area contributed by atoms with Crippen LogP contribution >= 0.6 is 0 Å². The molecule has 2 heterocycles. The van der Waals surface area contributed by atoms with Crippen LogP contribution in [0.1, 0.15) is 34.2 Å². The first-order valence-electron chi connectivity index (χ1n) is 9.56. The number of hydrogen-bond donors (Lipinski definition) is 0. The number of hydrogen-bond acceptors (Lipinski definition) is 2. The van der Waals surface area contributed by atoms with Crippen molar-refractivity contribution in [2.24, 2.45) is 0 Å². The van der Waals surface area contributed by atoms with E-state index >= 15 is 0 Å². The van der Waals surface area contributed by atoms with Crippen molar-refractivity contribution in [1.82, 2.24) is 9.38 Å². The molecule has 0 radical (unpaired) electrons. The Labute approximate surface area is 165 Å². The van der Waals surface area contributed by atoms with Crippen LogP contribution in [0.25, 0.3) is 5.65 Å². The van der Waals surface area contributed by atoms with Gasteiger partial charge in [0.2, 0.25) is 0 Å². The predicted molar refractivity (Wildman–Crippen MR) is 113 cm³/mol. The van der Waals surface area contributed by atoms with Crippen LogP contribution in [0, 0.1) is 6.92 Å². The molecule has 0 spiro atoms. The molecular weight excluding hydrogens is 346 g/mol. The van der Waals surface area contributed by atoms with Gasteiger partial charge in [-0.05, 0) is 43.2 Å². The van der Waals surface area contributed by atoms with Gasteiger partial charge in [0, 0.05) is 17.6 Å². The molecule has 4 heteroatoms. The zero-order valence-corrected chi connectivity index (χ0v) is 16.2. The number of amides is 1. The van der Waals surface area contributed by atoms with Crippen molar-refractivity contribution < 1.29 is 4.79 Å². The predicted octanol–water partition coefficient (Wildman–Crippen LogP) is 5.05. The molecule has 0 saturated carbocycles. The van der Waals surface area contributed by atoms with Crippen molar-refractivity contribution in [1.29, 1.82) is 0 Å². The number of carbonyl (C=O) groups is 1. The summed E-state index contributed by atoms with van der Waals surface area (Å²) >= 11 is 0. The third-order valence-corrected chi connectivity index (χ3v) is 5.03. The second kappa shape index (κ2) is 7.69. The second-order valence-corrected chi connectivity index (χ2v) is 6.86. The maximum atomic E-state index is 13.5. The van der Waals surface area contributed by atoms with E-state index in [4.69, 9.17) is 0 Å². The van der Waals surface area contributed by atoms with Crippen LogP contribution in [0.4, 0.5) is 5.69 Å². The number of para-hydroxylation sites is 1. The molecule has 0 aliphatic carbocycles. The number of imidazole rings is 1. The van der Waals surface area contributed by atoms with Gasteiger partial charge in [-0.15, -0.1) is 0 Å². The molecular formula is C24H23N3O. The Balaban J connectivity index is 1.74. The Morgan fingerprint density at radius 2 is 1.64 bits per heavy atom. The summed E-state index contributed by atoms with van der Waals surface area (Å²) in [7, 11) is 0. The number of aromatic nitrogens is 2. The Morgan fingerprint density at radius 3 is 2.32 bits per heavy atom. The quantitative estimate of drug-likeness (QED) is 0.493. The standard InChI is InChI=1S/C24H23N3O/c1-3-22-18(2)26-17-20(14-15-23(26)25-22)24(28)27(21-12-8-5-9-13-21)16-19-10-6-4-7-11-19/h4-15,17H,3,16H2,1-2H3. The van der Waals surface area contributed by atoms with Crippen LogP contribution in [0.15, 0.2) is 79.0 Å². The monoisotopic (exact) mass is 369 g/mol. The van der Waals surface area contributed by atoms with E-state index in [1.165, 1.54) is 0 Å². The van der Waals surface area contributed by atoms with Crippen molar-refractivity contribution in [2.45, 2.75) is 26.8 Å². The number of fused-ring (bicyclic) bond motifs is 1. The summed E-state index contributed by atoms with van der Waals surface area (Å²) in [5, 5.41) is 0. The fourth-order valence-electron chi connectivity index (χ4n) is 3.48. The summed E-state index contributed by atoms with van der Waals surface area (Å²) in [6.07, 6.45) is 2.78. The molecule has 4 rings (SSSR count). The van der Waals surface area contributed by atoms with Gasteiger partial charge >= 0.3 is 0 Å². The van der Waals surface area contributed by atoms with E-state index in [1.54, 1.807) is 0 Å². The SMILES string of the molecule is CCc1nc2ccc(C(=O)N(Cc3ccccc3)c3ccccc3)cn2c1C. The van der Waals surface area contributed by atoms with Crippen molar-refractivity contribution in [3.8, 4) is 0 Å². The summed E-state index contributed by atoms with van der Waals surface area (Å²) in [6.45, 7) is 4.66. The maximum Gasteiger partial charge on any atom is 0.260 e. The second-order valence-electron chi connectivity index (χ2n) is 6.86. The number of pyridine rings is 1. The highest BCUT2D eigenvalue weighted by Gasteiger charge is 2.19. The fourth-order valence-corrected chi connectivity index (χ4v) is 3.48. The summed E-state index contributed by atoms with van der Waals surface area (Å²) < 4.78 is 2.01. The normalized spacial score (nSPS) is 10.9. The lowest BCUT2D eigenvalue weighted by Gasteiger charge is -2.23. The molecule has 0 N–H and O–H groups in total. The minimum Gasteiger partial charge on any atom is -0.304 e. The molecule has 0 unspecified atom stereocenters. The summed E-state index contributed by atoms with van der Waals surface area (Å²) in [6, 6.07) is 23.7. The fraction of sp³-hybridized carbons (Fsp3) is 0.167. The molecule has 28 heavy (non-hydrogen) atoms. The van der Waals surface area contributed by atoms with E-state index in [9.17, 15) is 4.79 Å². The van der Waals surface area contributed by atoms with Crippen LogP contribution in [0.3, 0.4) is 0 Å². The first-order chi connectivity index (χ1) is 13.7. The molecule has 0 atom stereocenters. The topological polar surface area (TPSA) is 37.6 Å². The largest absolute Gasteiger partial charge is 0.304 e. The van der Waals surface area contributed by atoms with Gasteiger partial charge in [-0.25, -0.2) is 4.98 Å². The third kappa shape index (κ3) is 3.41. The van der Waals surface area contributed by atoms with Crippen LogP contribution in [0.5, 0.6) is 0 Å². The highest BCUT2D eigenvalue weighted by Crippen LogP contribution is 2.21. The zero-order valence-electron chi connectivity index (χ0n) is 16.2. The summed E-state index contributed by atoms with van der Waals surface area (Å²) in [4.78, 5) is 19.9. The Morgan fingerprint density at radius 1 is 0.964 bits per heavy atom. The van der Waals surface area contributed by atoms with Gasteiger partial charge in [0.1, 0.15) is 5.65 Å². The molecule has 0 aliphatic heterocycles. The number of carbonyl (C=O) groups excluding carboxylic acids is 1. The lowest BCUT2D eigenvalue weighted by atomic mass is 10.1. The van der Waals surface area contributed by atoms with E-state index in [0.29, 0.717) is 12.1 Å². The van der Waals surface area contributed by atoms with Crippen molar-refractivity contribution in [3.05, 3.63) is 102 Å².